The van der Waals surface area contributed by atoms with Gasteiger partial charge >= 0.3 is 0 Å². The van der Waals surface area contributed by atoms with Gasteiger partial charge in [0.25, 0.3) is 0 Å². The molecule has 1 aliphatic carbocycles. The minimum atomic E-state index is -0.621. The van der Waals surface area contributed by atoms with Crippen molar-refractivity contribution in [2.75, 3.05) is 12.4 Å². The number of hydrogen-bond acceptors (Lipinski definition) is 8. The van der Waals surface area contributed by atoms with Crippen molar-refractivity contribution in [3.8, 4) is 0 Å². The fourth-order valence-corrected chi connectivity index (χ4v) is 2.62. The molecule has 1 amide bonds. The van der Waals surface area contributed by atoms with Gasteiger partial charge in [0.05, 0.1) is 24.4 Å². The van der Waals surface area contributed by atoms with Crippen LogP contribution in [0.15, 0.2) is 35.1 Å². The molecule has 0 radical (unpaired) electrons. The molecule has 1 aliphatic heterocycles. The van der Waals surface area contributed by atoms with Gasteiger partial charge in [0.2, 0.25) is 5.91 Å². The molecule has 1 aromatic heterocycles. The molecule has 2 atom stereocenters. The van der Waals surface area contributed by atoms with Crippen molar-refractivity contribution in [3.05, 3.63) is 41.5 Å². The summed E-state index contributed by atoms with van der Waals surface area (Å²) in [5.74, 6) is 0.210. The minimum Gasteiger partial charge on any atom is -0.370 e. The van der Waals surface area contributed by atoms with Gasteiger partial charge in [0.15, 0.2) is 11.8 Å². The maximum atomic E-state index is 11.2. The first-order valence-electron chi connectivity index (χ1n) is 7.54. The Balaban J connectivity index is 1.71. The molecule has 2 unspecified atom stereocenters. The number of nitrogens with zero attached hydrogens (tertiary/aromatic N) is 4. The fraction of sp³-hybridized carbons (Fsp3) is 0.333. The van der Waals surface area contributed by atoms with Crippen LogP contribution in [0.4, 0.5) is 5.82 Å². The molecule has 7 N–H and O–H groups in total. The van der Waals surface area contributed by atoms with E-state index in [2.05, 4.69) is 20.3 Å². The number of rotatable bonds is 4. The van der Waals surface area contributed by atoms with Crippen molar-refractivity contribution in [2.45, 2.75) is 19.1 Å². The number of aliphatic imine (C=N–C) groups is 1. The predicted molar refractivity (Wildman–Crippen MR) is 90.2 cm³/mol. The standard InChI is InChI=1S/C15H20N8O/c1-23(10-4-2-8(3-5-10)13(17)24)7-9-6-19-14-11(20-9)12(16)21-15(18)22-14/h2,4-6,8,12H,3,7,16H2,1H3,(H2,17,24)(H3,18,19,21,22). The molecule has 9 nitrogen and oxygen atoms in total. The lowest BCUT2D eigenvalue weighted by Crippen LogP contribution is -2.32. The Morgan fingerprint density at radius 1 is 1.50 bits per heavy atom. The molecule has 1 aromatic rings. The van der Waals surface area contributed by atoms with Crippen LogP contribution >= 0.6 is 0 Å². The molecule has 0 bridgehead atoms. The van der Waals surface area contributed by atoms with E-state index in [9.17, 15) is 4.79 Å². The second kappa shape index (κ2) is 6.28. The average Bonchev–Trinajstić information content (AvgIpc) is 2.55. The Labute approximate surface area is 139 Å². The highest BCUT2D eigenvalue weighted by atomic mass is 16.1. The van der Waals surface area contributed by atoms with Gasteiger partial charge in [0.1, 0.15) is 11.9 Å². The number of primary amides is 1. The molecule has 126 valence electrons. The van der Waals surface area contributed by atoms with Crippen LogP contribution in [-0.4, -0.2) is 33.8 Å². The number of allylic oxidation sites excluding steroid dienone is 2. The Bertz CT molecular complexity index is 754. The monoisotopic (exact) mass is 328 g/mol. The zero-order chi connectivity index (χ0) is 17.3. The second-order valence-corrected chi connectivity index (χ2v) is 5.77. The lowest BCUT2D eigenvalue weighted by atomic mass is 9.98. The van der Waals surface area contributed by atoms with E-state index < -0.39 is 6.17 Å². The SMILES string of the molecule is CN(Cc1cnc2c(n1)C(N)N=C(N)N2)C1=CCC(C(N)=O)C=C1. The van der Waals surface area contributed by atoms with Crippen LogP contribution in [-0.2, 0) is 11.3 Å². The van der Waals surface area contributed by atoms with Crippen molar-refractivity contribution < 1.29 is 4.79 Å². The van der Waals surface area contributed by atoms with Gasteiger partial charge in [-0.2, -0.15) is 0 Å². The highest BCUT2D eigenvalue weighted by Gasteiger charge is 2.21. The van der Waals surface area contributed by atoms with Gasteiger partial charge in [-0.1, -0.05) is 12.2 Å². The summed E-state index contributed by atoms with van der Waals surface area (Å²) in [5.41, 5.74) is 19.2. The summed E-state index contributed by atoms with van der Waals surface area (Å²) < 4.78 is 0. The lowest BCUT2D eigenvalue weighted by molar-refractivity contribution is -0.120. The average molecular weight is 328 g/mol. The van der Waals surface area contributed by atoms with Crippen molar-refractivity contribution in [1.29, 1.82) is 0 Å². The van der Waals surface area contributed by atoms with E-state index in [1.54, 1.807) is 6.20 Å². The number of fused-ring (bicyclic) bond motifs is 1. The number of carbonyl (C=O) groups is 1. The van der Waals surface area contributed by atoms with E-state index in [-0.39, 0.29) is 17.8 Å². The fourth-order valence-electron chi connectivity index (χ4n) is 2.62. The van der Waals surface area contributed by atoms with Crippen molar-refractivity contribution in [1.82, 2.24) is 14.9 Å². The summed E-state index contributed by atoms with van der Waals surface area (Å²) in [6.07, 6.45) is 7.35. The first kappa shape index (κ1) is 15.9. The molecule has 0 saturated heterocycles. The minimum absolute atomic E-state index is 0.232. The molecule has 2 aliphatic rings. The van der Waals surface area contributed by atoms with Crippen LogP contribution in [0.3, 0.4) is 0 Å². The van der Waals surface area contributed by atoms with Crippen LogP contribution in [0.5, 0.6) is 0 Å². The number of amides is 1. The first-order valence-corrected chi connectivity index (χ1v) is 7.54. The summed E-state index contributed by atoms with van der Waals surface area (Å²) in [5, 5.41) is 2.84. The smallest absolute Gasteiger partial charge is 0.224 e. The van der Waals surface area contributed by atoms with Gasteiger partial charge in [-0.05, 0) is 12.5 Å². The summed E-state index contributed by atoms with van der Waals surface area (Å²) in [4.78, 5) is 26.1. The molecule has 3 rings (SSSR count). The number of likely N-dealkylation sites (N-methyl/N-ethyl adjacent to an activating group) is 1. The third-order valence-electron chi connectivity index (χ3n) is 3.94. The number of aromatic nitrogens is 2. The zero-order valence-electron chi connectivity index (χ0n) is 13.3. The molecule has 0 spiro atoms. The highest BCUT2D eigenvalue weighted by Crippen LogP contribution is 2.23. The predicted octanol–water partition coefficient (Wildman–Crippen LogP) is -0.449. The van der Waals surface area contributed by atoms with Crippen LogP contribution in [0.1, 0.15) is 24.0 Å². The van der Waals surface area contributed by atoms with Crippen molar-refractivity contribution in [3.63, 3.8) is 0 Å². The topological polar surface area (TPSA) is 149 Å². The zero-order valence-corrected chi connectivity index (χ0v) is 13.3. The third kappa shape index (κ3) is 3.20. The van der Waals surface area contributed by atoms with Crippen LogP contribution in [0.2, 0.25) is 0 Å². The van der Waals surface area contributed by atoms with Gasteiger partial charge in [-0.25, -0.2) is 15.0 Å². The molecule has 2 heterocycles. The number of anilines is 1. The van der Waals surface area contributed by atoms with E-state index >= 15 is 0 Å². The van der Waals surface area contributed by atoms with E-state index in [0.29, 0.717) is 24.5 Å². The Hall–Kier alpha value is -2.94. The van der Waals surface area contributed by atoms with Gasteiger partial charge in [-0.3, -0.25) is 4.79 Å². The molecular formula is C15H20N8O. The van der Waals surface area contributed by atoms with Gasteiger partial charge < -0.3 is 27.4 Å². The molecule has 0 saturated carbocycles. The number of carbonyl (C=O) groups excluding carboxylic acids is 1. The van der Waals surface area contributed by atoms with E-state index in [0.717, 1.165) is 11.4 Å². The quantitative estimate of drug-likeness (QED) is 0.585. The lowest BCUT2D eigenvalue weighted by Gasteiger charge is -2.24. The maximum Gasteiger partial charge on any atom is 0.224 e. The molecule has 9 heteroatoms. The van der Waals surface area contributed by atoms with Crippen LogP contribution < -0.4 is 22.5 Å². The largest absolute Gasteiger partial charge is 0.370 e. The molecule has 0 aromatic carbocycles. The van der Waals surface area contributed by atoms with Crippen molar-refractivity contribution in [2.24, 2.45) is 28.1 Å². The highest BCUT2D eigenvalue weighted by molar-refractivity contribution is 5.93. The van der Waals surface area contributed by atoms with Crippen LogP contribution in [0, 0.1) is 5.92 Å². The number of hydrogen-bond donors (Lipinski definition) is 4. The Morgan fingerprint density at radius 2 is 2.29 bits per heavy atom. The van der Waals surface area contributed by atoms with Gasteiger partial charge in [-0.15, -0.1) is 0 Å². The summed E-state index contributed by atoms with van der Waals surface area (Å²) >= 11 is 0. The van der Waals surface area contributed by atoms with Gasteiger partial charge in [0, 0.05) is 12.7 Å². The Kier molecular flexibility index (Phi) is 4.17. The summed E-state index contributed by atoms with van der Waals surface area (Å²) in [6, 6.07) is 0. The second-order valence-electron chi connectivity index (χ2n) is 5.77. The molecule has 0 fully saturated rings. The Morgan fingerprint density at radius 3 is 2.96 bits per heavy atom. The van der Waals surface area contributed by atoms with Crippen molar-refractivity contribution >= 4 is 17.7 Å². The van der Waals surface area contributed by atoms with E-state index in [1.807, 2.05) is 30.2 Å². The summed E-state index contributed by atoms with van der Waals surface area (Å²) in [6.45, 7) is 0.545. The van der Waals surface area contributed by atoms with Crippen LogP contribution in [0.25, 0.3) is 0 Å². The normalized spacial score (nSPS) is 22.1. The number of guanidine groups is 1. The molecular weight excluding hydrogens is 308 g/mol. The maximum absolute atomic E-state index is 11.2. The molecule has 24 heavy (non-hydrogen) atoms. The van der Waals surface area contributed by atoms with E-state index in [4.69, 9.17) is 17.2 Å². The number of nitrogens with two attached hydrogens (primary N) is 3. The number of nitrogens with one attached hydrogen (secondary N) is 1. The third-order valence-corrected chi connectivity index (χ3v) is 3.94. The van der Waals surface area contributed by atoms with E-state index in [1.165, 1.54) is 0 Å². The summed E-state index contributed by atoms with van der Waals surface area (Å²) in [7, 11) is 1.94. The first-order chi connectivity index (χ1) is 11.4.